The Morgan fingerprint density at radius 1 is 1.14 bits per heavy atom. The van der Waals surface area contributed by atoms with Crippen LogP contribution in [0.2, 0.25) is 0 Å². The van der Waals surface area contributed by atoms with E-state index in [1.165, 1.54) is 0 Å². The normalized spacial score (nSPS) is 14.3. The van der Waals surface area contributed by atoms with E-state index in [9.17, 15) is 9.59 Å². The summed E-state index contributed by atoms with van der Waals surface area (Å²) in [6.07, 6.45) is 3.54. The SMILES string of the molecule is O=C1CCCc2[nH]c3c(cnn3Cc3ccccc3)c(=O)c21. The maximum Gasteiger partial charge on any atom is 0.203 e. The topological polar surface area (TPSA) is 67.8 Å². The molecule has 0 spiro atoms. The standard InChI is InChI=1S/C17H15N3O2/c21-14-8-4-7-13-15(14)16(22)12-9-18-20(17(12)19-13)10-11-5-2-1-3-6-11/h1-3,5-6,9H,4,7-8,10H2,(H,19,22). The largest absolute Gasteiger partial charge is 0.343 e. The van der Waals surface area contributed by atoms with E-state index in [1.54, 1.807) is 10.9 Å². The summed E-state index contributed by atoms with van der Waals surface area (Å²) in [7, 11) is 0. The van der Waals surface area contributed by atoms with Gasteiger partial charge in [0.2, 0.25) is 5.43 Å². The third kappa shape index (κ3) is 1.97. The minimum atomic E-state index is -0.187. The van der Waals surface area contributed by atoms with Crippen LogP contribution in [0.1, 0.15) is 34.5 Å². The van der Waals surface area contributed by atoms with E-state index in [0.717, 1.165) is 24.1 Å². The van der Waals surface area contributed by atoms with Gasteiger partial charge in [-0.3, -0.25) is 9.59 Å². The van der Waals surface area contributed by atoms with Crippen LogP contribution in [0.4, 0.5) is 0 Å². The van der Waals surface area contributed by atoms with Crippen LogP contribution < -0.4 is 5.43 Å². The number of H-pyrrole nitrogens is 1. The number of hydrogen-bond acceptors (Lipinski definition) is 3. The third-order valence-electron chi connectivity index (χ3n) is 4.17. The number of ketones is 1. The summed E-state index contributed by atoms with van der Waals surface area (Å²) in [4.78, 5) is 27.8. The van der Waals surface area contributed by atoms with E-state index >= 15 is 0 Å². The van der Waals surface area contributed by atoms with Crippen molar-refractivity contribution in [2.75, 3.05) is 0 Å². The molecule has 1 aliphatic carbocycles. The maximum atomic E-state index is 12.6. The molecule has 22 heavy (non-hydrogen) atoms. The number of benzene rings is 1. The molecule has 0 fully saturated rings. The van der Waals surface area contributed by atoms with Crippen LogP contribution in [0.15, 0.2) is 41.3 Å². The highest BCUT2D eigenvalue weighted by atomic mass is 16.1. The van der Waals surface area contributed by atoms with Crippen molar-refractivity contribution in [1.82, 2.24) is 14.8 Å². The van der Waals surface area contributed by atoms with Gasteiger partial charge in [-0.15, -0.1) is 0 Å². The lowest BCUT2D eigenvalue weighted by molar-refractivity contribution is 0.0970. The van der Waals surface area contributed by atoms with Crippen LogP contribution in [-0.2, 0) is 13.0 Å². The lowest BCUT2D eigenvalue weighted by Crippen LogP contribution is -2.23. The number of pyridine rings is 1. The number of carbonyl (C=O) groups excluding carboxylic acids is 1. The Labute approximate surface area is 126 Å². The smallest absolute Gasteiger partial charge is 0.203 e. The maximum absolute atomic E-state index is 12.6. The number of aryl methyl sites for hydroxylation is 1. The molecule has 2 heterocycles. The number of carbonyl (C=O) groups is 1. The molecule has 5 nitrogen and oxygen atoms in total. The minimum Gasteiger partial charge on any atom is -0.343 e. The van der Waals surface area contributed by atoms with E-state index in [-0.39, 0.29) is 11.2 Å². The highest BCUT2D eigenvalue weighted by Crippen LogP contribution is 2.20. The molecular weight excluding hydrogens is 278 g/mol. The monoisotopic (exact) mass is 293 g/mol. The Bertz CT molecular complexity index is 922. The molecule has 0 aliphatic heterocycles. The van der Waals surface area contributed by atoms with Crippen LogP contribution >= 0.6 is 0 Å². The second kappa shape index (κ2) is 4.94. The Morgan fingerprint density at radius 3 is 2.77 bits per heavy atom. The van der Waals surface area contributed by atoms with Gasteiger partial charge >= 0.3 is 0 Å². The number of aromatic nitrogens is 3. The summed E-state index contributed by atoms with van der Waals surface area (Å²) in [5.41, 5.74) is 2.71. The van der Waals surface area contributed by atoms with Crippen molar-refractivity contribution in [3.63, 3.8) is 0 Å². The Balaban J connectivity index is 1.87. The lowest BCUT2D eigenvalue weighted by atomic mass is 9.94. The van der Waals surface area contributed by atoms with Gasteiger partial charge in [0.25, 0.3) is 0 Å². The van der Waals surface area contributed by atoms with E-state index in [2.05, 4.69) is 10.1 Å². The van der Waals surface area contributed by atoms with Gasteiger partial charge in [-0.2, -0.15) is 5.10 Å². The van der Waals surface area contributed by atoms with Gasteiger partial charge in [0.15, 0.2) is 5.78 Å². The number of fused-ring (bicyclic) bond motifs is 2. The van der Waals surface area contributed by atoms with Crippen LogP contribution in [-0.4, -0.2) is 20.5 Å². The van der Waals surface area contributed by atoms with Crippen molar-refractivity contribution < 1.29 is 4.79 Å². The number of aromatic amines is 1. The Hall–Kier alpha value is -2.69. The van der Waals surface area contributed by atoms with Crippen LogP contribution in [0.5, 0.6) is 0 Å². The van der Waals surface area contributed by atoms with Crippen LogP contribution in [0.25, 0.3) is 11.0 Å². The summed E-state index contributed by atoms with van der Waals surface area (Å²) in [5.74, 6) is -0.0554. The molecule has 5 heteroatoms. The molecule has 0 radical (unpaired) electrons. The fourth-order valence-corrected chi connectivity index (χ4v) is 3.07. The van der Waals surface area contributed by atoms with Crippen molar-refractivity contribution in [2.24, 2.45) is 0 Å². The second-order valence-electron chi connectivity index (χ2n) is 5.63. The molecule has 0 unspecified atom stereocenters. The predicted molar refractivity (Wildman–Crippen MR) is 83.2 cm³/mol. The Kier molecular flexibility index (Phi) is 2.92. The first kappa shape index (κ1) is 13.0. The van der Waals surface area contributed by atoms with Gasteiger partial charge in [0, 0.05) is 12.1 Å². The first-order chi connectivity index (χ1) is 10.7. The van der Waals surface area contributed by atoms with Gasteiger partial charge in [0.1, 0.15) is 5.65 Å². The fraction of sp³-hybridized carbons (Fsp3) is 0.235. The highest BCUT2D eigenvalue weighted by molar-refractivity contribution is 6.00. The van der Waals surface area contributed by atoms with Gasteiger partial charge in [-0.1, -0.05) is 30.3 Å². The molecule has 1 N–H and O–H groups in total. The first-order valence-corrected chi connectivity index (χ1v) is 7.42. The van der Waals surface area contributed by atoms with Crippen LogP contribution in [0, 0.1) is 0 Å². The van der Waals surface area contributed by atoms with Crippen molar-refractivity contribution in [2.45, 2.75) is 25.8 Å². The molecule has 110 valence electrons. The highest BCUT2D eigenvalue weighted by Gasteiger charge is 2.23. The van der Waals surface area contributed by atoms with E-state index in [0.29, 0.717) is 29.6 Å². The molecule has 0 amide bonds. The van der Waals surface area contributed by atoms with E-state index in [1.807, 2.05) is 30.3 Å². The quantitative estimate of drug-likeness (QED) is 0.788. The van der Waals surface area contributed by atoms with Gasteiger partial charge in [-0.25, -0.2) is 4.68 Å². The average molecular weight is 293 g/mol. The summed E-state index contributed by atoms with van der Waals surface area (Å²) in [6, 6.07) is 9.96. The predicted octanol–water partition coefficient (Wildman–Crippen LogP) is 2.29. The molecule has 2 aromatic heterocycles. The van der Waals surface area contributed by atoms with Crippen molar-refractivity contribution in [1.29, 1.82) is 0 Å². The van der Waals surface area contributed by atoms with Crippen LogP contribution in [0.3, 0.4) is 0 Å². The summed E-state index contributed by atoms with van der Waals surface area (Å²) < 4.78 is 1.78. The molecule has 3 aromatic rings. The summed E-state index contributed by atoms with van der Waals surface area (Å²) in [6.45, 7) is 0.590. The van der Waals surface area contributed by atoms with Gasteiger partial charge in [-0.05, 0) is 18.4 Å². The number of nitrogens with one attached hydrogen (secondary N) is 1. The summed E-state index contributed by atoms with van der Waals surface area (Å²) in [5, 5.41) is 4.81. The van der Waals surface area contributed by atoms with Gasteiger partial charge < -0.3 is 4.98 Å². The second-order valence-corrected chi connectivity index (χ2v) is 5.63. The number of rotatable bonds is 2. The Morgan fingerprint density at radius 2 is 1.95 bits per heavy atom. The summed E-state index contributed by atoms with van der Waals surface area (Å²) >= 11 is 0. The minimum absolute atomic E-state index is 0.0554. The molecule has 0 atom stereocenters. The average Bonchev–Trinajstić information content (AvgIpc) is 2.92. The first-order valence-electron chi connectivity index (χ1n) is 7.42. The lowest BCUT2D eigenvalue weighted by Gasteiger charge is -2.14. The van der Waals surface area contributed by atoms with E-state index < -0.39 is 0 Å². The molecule has 1 aliphatic rings. The van der Waals surface area contributed by atoms with Gasteiger partial charge in [0.05, 0.1) is 23.7 Å². The van der Waals surface area contributed by atoms with Crippen molar-refractivity contribution in [3.8, 4) is 0 Å². The molecule has 1 aromatic carbocycles. The molecule has 0 saturated heterocycles. The zero-order valence-corrected chi connectivity index (χ0v) is 12.0. The van der Waals surface area contributed by atoms with Crippen molar-refractivity contribution in [3.05, 3.63) is 63.6 Å². The third-order valence-corrected chi connectivity index (χ3v) is 4.17. The van der Waals surface area contributed by atoms with E-state index in [4.69, 9.17) is 0 Å². The zero-order chi connectivity index (χ0) is 15.1. The fourth-order valence-electron chi connectivity index (χ4n) is 3.07. The van der Waals surface area contributed by atoms with Crippen molar-refractivity contribution >= 4 is 16.8 Å². The number of Topliss-reactive ketones (excluding diaryl/α,β-unsaturated/α-hetero) is 1. The molecule has 4 rings (SSSR count). The number of hydrogen-bond donors (Lipinski definition) is 1. The molecule has 0 saturated carbocycles. The molecule has 0 bridgehead atoms. The zero-order valence-electron chi connectivity index (χ0n) is 12.0. The number of nitrogens with zero attached hydrogens (tertiary/aromatic N) is 2. The molecular formula is C17H15N3O2.